The van der Waals surface area contributed by atoms with Crippen LogP contribution in [0.25, 0.3) is 0 Å². The number of benzene rings is 1. The molecule has 0 saturated heterocycles. The average Bonchev–Trinajstić information content (AvgIpc) is 2.59. The fourth-order valence-corrected chi connectivity index (χ4v) is 2.61. The van der Waals surface area contributed by atoms with Gasteiger partial charge in [0.15, 0.2) is 5.82 Å². The normalized spacial score (nSPS) is 14.7. The number of carbonyl (C=O) groups is 2. The Bertz CT molecular complexity index is 726. The van der Waals surface area contributed by atoms with Crippen LogP contribution < -0.4 is 10.2 Å². The van der Waals surface area contributed by atoms with E-state index in [0.29, 0.717) is 23.7 Å². The summed E-state index contributed by atoms with van der Waals surface area (Å²) in [5, 5.41) is 2.06. The third-order valence-corrected chi connectivity index (χ3v) is 3.69. The number of nitrogens with one attached hydrogen (secondary N) is 1. The number of aromatic nitrogens is 2. The van der Waals surface area contributed by atoms with E-state index >= 15 is 0 Å². The molecular formula is C15H13ClN4O3. The molecule has 2 aromatic rings. The second-order valence-electron chi connectivity index (χ2n) is 4.82. The zero-order chi connectivity index (χ0) is 16.2. The van der Waals surface area contributed by atoms with Gasteiger partial charge in [-0.15, -0.1) is 11.6 Å². The topological polar surface area (TPSA) is 84.4 Å². The lowest BCUT2D eigenvalue weighted by atomic mass is 10.1. The van der Waals surface area contributed by atoms with Gasteiger partial charge >= 0.3 is 0 Å². The number of hydrogen-bond donors (Lipinski definition) is 1. The molecule has 3 rings (SSSR count). The molecule has 2 heterocycles. The van der Waals surface area contributed by atoms with E-state index in [1.165, 1.54) is 6.33 Å². The van der Waals surface area contributed by atoms with Crippen molar-refractivity contribution in [2.75, 3.05) is 23.4 Å². The molecule has 1 atom stereocenters. The Hall–Kier alpha value is -2.67. The summed E-state index contributed by atoms with van der Waals surface area (Å²) in [5.74, 6) is 0.357. The molecule has 7 nitrogen and oxygen atoms in total. The van der Waals surface area contributed by atoms with Crippen LogP contribution in [0.1, 0.15) is 11.1 Å². The Morgan fingerprint density at radius 2 is 2.13 bits per heavy atom. The van der Waals surface area contributed by atoms with E-state index in [2.05, 4.69) is 20.0 Å². The molecule has 0 saturated carbocycles. The standard InChI is InChI=1S/C15H13ClN4O3/c16-11(7-23-9-21)13-14-15(18-8-17-13)20(6-12(22)19-14)10-4-2-1-3-5-10/h1-5,8-9,11H,6-7H2,(H,19,22). The van der Waals surface area contributed by atoms with Crippen LogP contribution >= 0.6 is 11.6 Å². The zero-order valence-corrected chi connectivity index (χ0v) is 12.7. The lowest BCUT2D eigenvalue weighted by Crippen LogP contribution is -2.36. The van der Waals surface area contributed by atoms with Gasteiger partial charge in [-0.25, -0.2) is 9.97 Å². The third-order valence-electron chi connectivity index (χ3n) is 3.35. The highest BCUT2D eigenvalue weighted by Gasteiger charge is 2.29. The van der Waals surface area contributed by atoms with Crippen molar-refractivity contribution in [3.63, 3.8) is 0 Å². The minimum atomic E-state index is -0.687. The van der Waals surface area contributed by atoms with Gasteiger partial charge in [0.1, 0.15) is 30.5 Å². The van der Waals surface area contributed by atoms with E-state index in [1.807, 2.05) is 30.3 Å². The molecule has 0 fully saturated rings. The van der Waals surface area contributed by atoms with Crippen LogP contribution in [0.5, 0.6) is 0 Å². The van der Waals surface area contributed by atoms with Crippen LogP contribution in [-0.4, -0.2) is 35.5 Å². The fourth-order valence-electron chi connectivity index (χ4n) is 2.37. The summed E-state index contributed by atoms with van der Waals surface area (Å²) in [4.78, 5) is 32.6. The van der Waals surface area contributed by atoms with Crippen LogP contribution in [0.3, 0.4) is 0 Å². The highest BCUT2D eigenvalue weighted by molar-refractivity contribution is 6.21. The SMILES string of the molecule is O=COCC(Cl)c1ncnc2c1NC(=O)CN2c1ccccc1. The van der Waals surface area contributed by atoms with Crippen molar-refractivity contribution in [3.8, 4) is 0 Å². The number of rotatable bonds is 5. The Morgan fingerprint density at radius 3 is 2.87 bits per heavy atom. The quantitative estimate of drug-likeness (QED) is 0.666. The molecule has 0 spiro atoms. The van der Waals surface area contributed by atoms with E-state index < -0.39 is 5.38 Å². The Labute approximate surface area is 137 Å². The number of carbonyl (C=O) groups excluding carboxylic acids is 2. The Morgan fingerprint density at radius 1 is 1.35 bits per heavy atom. The van der Waals surface area contributed by atoms with Crippen LogP contribution in [0.4, 0.5) is 17.2 Å². The number of hydrogen-bond acceptors (Lipinski definition) is 6. The van der Waals surface area contributed by atoms with Crippen LogP contribution in [0.15, 0.2) is 36.7 Å². The lowest BCUT2D eigenvalue weighted by Gasteiger charge is -2.31. The van der Waals surface area contributed by atoms with Gasteiger partial charge in [0.05, 0.1) is 5.69 Å². The smallest absolute Gasteiger partial charge is 0.293 e. The summed E-state index contributed by atoms with van der Waals surface area (Å²) in [6, 6.07) is 9.43. The van der Waals surface area contributed by atoms with Crippen LogP contribution in [0.2, 0.25) is 0 Å². The van der Waals surface area contributed by atoms with Crippen molar-refractivity contribution in [2.45, 2.75) is 5.38 Å². The number of amides is 1. The number of alkyl halides is 1. The summed E-state index contributed by atoms with van der Waals surface area (Å²) in [6.45, 7) is 0.416. The number of anilines is 3. The molecule has 8 heteroatoms. The maximum Gasteiger partial charge on any atom is 0.293 e. The van der Waals surface area contributed by atoms with Crippen molar-refractivity contribution in [3.05, 3.63) is 42.4 Å². The number of ether oxygens (including phenoxy) is 1. The van der Waals surface area contributed by atoms with Gasteiger partial charge in [0.25, 0.3) is 6.47 Å². The molecule has 0 aliphatic carbocycles. The number of para-hydroxylation sites is 1. The van der Waals surface area contributed by atoms with E-state index in [9.17, 15) is 9.59 Å². The molecular weight excluding hydrogens is 320 g/mol. The first-order valence-electron chi connectivity index (χ1n) is 6.87. The van der Waals surface area contributed by atoms with Gasteiger partial charge in [-0.2, -0.15) is 0 Å². The summed E-state index contributed by atoms with van der Waals surface area (Å²) >= 11 is 6.22. The first-order valence-corrected chi connectivity index (χ1v) is 7.31. The number of halogens is 1. The highest BCUT2D eigenvalue weighted by atomic mass is 35.5. The molecule has 0 bridgehead atoms. The summed E-state index contributed by atoms with van der Waals surface area (Å²) in [7, 11) is 0. The van der Waals surface area contributed by atoms with E-state index in [1.54, 1.807) is 4.90 Å². The highest BCUT2D eigenvalue weighted by Crippen LogP contribution is 2.38. The predicted octanol–water partition coefficient (Wildman–Crippen LogP) is 2.02. The van der Waals surface area contributed by atoms with Crippen molar-refractivity contribution in [1.82, 2.24) is 9.97 Å². The molecule has 1 unspecified atom stereocenters. The summed E-state index contributed by atoms with van der Waals surface area (Å²) < 4.78 is 4.68. The molecule has 23 heavy (non-hydrogen) atoms. The summed E-state index contributed by atoms with van der Waals surface area (Å²) in [6.07, 6.45) is 1.37. The maximum absolute atomic E-state index is 12.1. The zero-order valence-electron chi connectivity index (χ0n) is 12.0. The molecule has 1 aliphatic rings. The Balaban J connectivity index is 2.02. The first-order chi connectivity index (χ1) is 11.2. The molecule has 118 valence electrons. The largest absolute Gasteiger partial charge is 0.466 e. The van der Waals surface area contributed by atoms with Crippen LogP contribution in [0, 0.1) is 0 Å². The monoisotopic (exact) mass is 332 g/mol. The van der Waals surface area contributed by atoms with Gasteiger partial charge < -0.3 is 15.0 Å². The number of nitrogens with zero attached hydrogens (tertiary/aromatic N) is 3. The minimum absolute atomic E-state index is 0.0459. The fraction of sp³-hybridized carbons (Fsp3) is 0.200. The van der Waals surface area contributed by atoms with Gasteiger partial charge in [0.2, 0.25) is 5.91 Å². The van der Waals surface area contributed by atoms with Gasteiger partial charge in [-0.3, -0.25) is 9.59 Å². The summed E-state index contributed by atoms with van der Waals surface area (Å²) in [5.41, 5.74) is 1.68. The lowest BCUT2D eigenvalue weighted by molar-refractivity contribution is -0.128. The van der Waals surface area contributed by atoms with E-state index in [0.717, 1.165) is 5.69 Å². The minimum Gasteiger partial charge on any atom is -0.466 e. The van der Waals surface area contributed by atoms with Gasteiger partial charge in [0, 0.05) is 5.69 Å². The molecule has 1 aromatic heterocycles. The number of fused-ring (bicyclic) bond motifs is 1. The van der Waals surface area contributed by atoms with Crippen molar-refractivity contribution >= 4 is 41.2 Å². The molecule has 1 aromatic carbocycles. The third kappa shape index (κ3) is 3.09. The van der Waals surface area contributed by atoms with Gasteiger partial charge in [-0.1, -0.05) is 18.2 Å². The molecule has 0 radical (unpaired) electrons. The molecule has 1 aliphatic heterocycles. The molecule has 1 N–H and O–H groups in total. The van der Waals surface area contributed by atoms with E-state index in [4.69, 9.17) is 11.6 Å². The second-order valence-corrected chi connectivity index (χ2v) is 5.35. The Kier molecular flexibility index (Phi) is 4.38. The van der Waals surface area contributed by atoms with Crippen LogP contribution in [-0.2, 0) is 14.3 Å². The van der Waals surface area contributed by atoms with Crippen molar-refractivity contribution in [2.24, 2.45) is 0 Å². The van der Waals surface area contributed by atoms with Gasteiger partial charge in [-0.05, 0) is 12.1 Å². The van der Waals surface area contributed by atoms with Crippen molar-refractivity contribution < 1.29 is 14.3 Å². The second kappa shape index (κ2) is 6.62. The predicted molar refractivity (Wildman–Crippen MR) is 84.7 cm³/mol. The van der Waals surface area contributed by atoms with E-state index in [-0.39, 0.29) is 19.1 Å². The molecule has 1 amide bonds. The average molecular weight is 333 g/mol. The first kappa shape index (κ1) is 15.2. The van der Waals surface area contributed by atoms with Crippen molar-refractivity contribution in [1.29, 1.82) is 0 Å². The maximum atomic E-state index is 12.1.